The number of anilines is 1. The lowest BCUT2D eigenvalue weighted by Crippen LogP contribution is -2.15. The van der Waals surface area contributed by atoms with Crippen molar-refractivity contribution >= 4 is 46.5 Å². The summed E-state index contributed by atoms with van der Waals surface area (Å²) in [5.41, 5.74) is 2.17. The van der Waals surface area contributed by atoms with Crippen molar-refractivity contribution < 1.29 is 4.79 Å². The Balaban J connectivity index is 1.39. The highest BCUT2D eigenvalue weighted by Crippen LogP contribution is 2.48. The molecule has 1 fully saturated rings. The monoisotopic (exact) mass is 419 g/mol. The number of rotatable bonds is 5. The summed E-state index contributed by atoms with van der Waals surface area (Å²) in [6.45, 7) is 0.545. The Morgan fingerprint density at radius 2 is 1.67 bits per heavy atom. The third-order valence-electron chi connectivity index (χ3n) is 4.64. The van der Waals surface area contributed by atoms with E-state index in [-0.39, 0.29) is 17.7 Å². The van der Waals surface area contributed by atoms with Gasteiger partial charge < -0.3 is 5.32 Å². The molecule has 1 aliphatic carbocycles. The normalized spacial score (nSPS) is 18.3. The first kappa shape index (κ1) is 18.4. The Kier molecular flexibility index (Phi) is 5.13. The van der Waals surface area contributed by atoms with Crippen molar-refractivity contribution in [1.82, 2.24) is 9.78 Å². The molecule has 138 valence electrons. The Hall–Kier alpha value is -2.01. The summed E-state index contributed by atoms with van der Waals surface area (Å²) in [6, 6.07) is 15.1. The van der Waals surface area contributed by atoms with Gasteiger partial charge in [0.15, 0.2) is 5.82 Å². The van der Waals surface area contributed by atoms with Gasteiger partial charge in [-0.1, -0.05) is 59.1 Å². The minimum atomic E-state index is -0.0661. The molecule has 0 spiro atoms. The van der Waals surface area contributed by atoms with Crippen molar-refractivity contribution in [1.29, 1.82) is 0 Å². The van der Waals surface area contributed by atoms with Gasteiger partial charge in [-0.15, -0.1) is 0 Å². The molecule has 3 aromatic rings. The molecule has 1 N–H and O–H groups in total. The lowest BCUT2D eigenvalue weighted by Gasteiger charge is -2.04. The third kappa shape index (κ3) is 4.29. The van der Waals surface area contributed by atoms with E-state index in [0.717, 1.165) is 17.5 Å². The van der Waals surface area contributed by atoms with Gasteiger partial charge in [0.2, 0.25) is 5.91 Å². The molecule has 2 unspecified atom stereocenters. The lowest BCUT2D eigenvalue weighted by atomic mass is 10.1. The number of aromatic nitrogens is 2. The van der Waals surface area contributed by atoms with E-state index in [9.17, 15) is 4.79 Å². The highest BCUT2D eigenvalue weighted by atomic mass is 35.5. The van der Waals surface area contributed by atoms with Crippen LogP contribution in [0.3, 0.4) is 0 Å². The highest BCUT2D eigenvalue weighted by molar-refractivity contribution is 6.33. The van der Waals surface area contributed by atoms with Crippen LogP contribution in [0.1, 0.15) is 23.5 Å². The van der Waals surface area contributed by atoms with E-state index in [1.54, 1.807) is 10.9 Å². The van der Waals surface area contributed by atoms with Crippen LogP contribution in [-0.4, -0.2) is 15.7 Å². The zero-order valence-electron chi connectivity index (χ0n) is 14.2. The van der Waals surface area contributed by atoms with E-state index in [2.05, 4.69) is 10.4 Å². The van der Waals surface area contributed by atoms with Crippen molar-refractivity contribution in [3.05, 3.63) is 80.9 Å². The summed E-state index contributed by atoms with van der Waals surface area (Å²) in [7, 11) is 0. The molecule has 0 bridgehead atoms. The maximum Gasteiger partial charge on any atom is 0.229 e. The number of nitrogens with zero attached hydrogens (tertiary/aromatic N) is 2. The van der Waals surface area contributed by atoms with Gasteiger partial charge in [-0.2, -0.15) is 5.10 Å². The number of benzene rings is 2. The van der Waals surface area contributed by atoms with E-state index < -0.39 is 0 Å². The second-order valence-corrected chi connectivity index (χ2v) is 7.92. The minimum absolute atomic E-state index is 0.0615. The molecule has 0 aliphatic heterocycles. The van der Waals surface area contributed by atoms with E-state index in [1.165, 1.54) is 0 Å². The number of halogens is 3. The third-order valence-corrected chi connectivity index (χ3v) is 5.42. The number of nitrogens with one attached hydrogen (secondary N) is 1. The minimum Gasteiger partial charge on any atom is -0.308 e. The van der Waals surface area contributed by atoms with Crippen LogP contribution in [0, 0.1) is 5.92 Å². The predicted octanol–water partition coefficient (Wildman–Crippen LogP) is 5.63. The zero-order chi connectivity index (χ0) is 19.0. The van der Waals surface area contributed by atoms with E-state index in [1.807, 2.05) is 48.5 Å². The summed E-state index contributed by atoms with van der Waals surface area (Å²) < 4.78 is 1.70. The number of hydrogen-bond acceptors (Lipinski definition) is 2. The van der Waals surface area contributed by atoms with Crippen LogP contribution in [0.15, 0.2) is 54.7 Å². The molecule has 1 saturated carbocycles. The Morgan fingerprint density at radius 3 is 2.33 bits per heavy atom. The molecule has 2 aromatic carbocycles. The van der Waals surface area contributed by atoms with E-state index in [0.29, 0.717) is 27.4 Å². The molecule has 1 amide bonds. The van der Waals surface area contributed by atoms with Gasteiger partial charge in [0, 0.05) is 22.2 Å². The molecule has 0 saturated heterocycles. The van der Waals surface area contributed by atoms with E-state index in [4.69, 9.17) is 34.8 Å². The number of hydrogen-bond donors (Lipinski definition) is 1. The van der Waals surface area contributed by atoms with Crippen LogP contribution in [0.2, 0.25) is 15.1 Å². The topological polar surface area (TPSA) is 46.9 Å². The molecule has 4 nitrogen and oxygen atoms in total. The number of carbonyl (C=O) groups is 1. The second-order valence-electron chi connectivity index (χ2n) is 6.64. The smallest absolute Gasteiger partial charge is 0.229 e. The largest absolute Gasteiger partial charge is 0.308 e. The van der Waals surface area contributed by atoms with Crippen molar-refractivity contribution in [3.63, 3.8) is 0 Å². The van der Waals surface area contributed by atoms with Gasteiger partial charge in [-0.05, 0) is 47.7 Å². The second kappa shape index (κ2) is 7.55. The van der Waals surface area contributed by atoms with Crippen molar-refractivity contribution in [2.45, 2.75) is 18.9 Å². The Bertz CT molecular complexity index is 967. The summed E-state index contributed by atoms with van der Waals surface area (Å²) in [5, 5.41) is 9.03. The van der Waals surface area contributed by atoms with Gasteiger partial charge in [-0.25, -0.2) is 0 Å². The summed E-state index contributed by atoms with van der Waals surface area (Å²) >= 11 is 18.1. The Labute approximate surface area is 172 Å². The molecule has 1 aliphatic rings. The molecule has 1 aromatic heterocycles. The first-order chi connectivity index (χ1) is 13.0. The molecular weight excluding hydrogens is 405 g/mol. The van der Waals surface area contributed by atoms with Gasteiger partial charge in [0.05, 0.1) is 6.54 Å². The first-order valence-electron chi connectivity index (χ1n) is 8.53. The van der Waals surface area contributed by atoms with Crippen LogP contribution in [0.25, 0.3) is 0 Å². The average molecular weight is 421 g/mol. The summed E-state index contributed by atoms with van der Waals surface area (Å²) in [5.74, 6) is 0.479. The summed E-state index contributed by atoms with van der Waals surface area (Å²) in [4.78, 5) is 12.5. The van der Waals surface area contributed by atoms with Crippen LogP contribution in [0.4, 0.5) is 5.82 Å². The predicted molar refractivity (Wildman–Crippen MR) is 109 cm³/mol. The van der Waals surface area contributed by atoms with E-state index >= 15 is 0 Å². The average Bonchev–Trinajstić information content (AvgIpc) is 3.37. The SMILES string of the molecule is O=C(Nc1nn(Cc2ccc(Cl)cc2)cc1Cl)C1CC1c1ccc(Cl)cc1. The fraction of sp³-hybridized carbons (Fsp3) is 0.200. The molecule has 2 atom stereocenters. The Morgan fingerprint density at radius 1 is 1.04 bits per heavy atom. The molecule has 27 heavy (non-hydrogen) atoms. The zero-order valence-corrected chi connectivity index (χ0v) is 16.5. The molecule has 4 rings (SSSR count). The summed E-state index contributed by atoms with van der Waals surface area (Å²) in [6.07, 6.45) is 2.52. The fourth-order valence-electron chi connectivity index (χ4n) is 3.11. The van der Waals surface area contributed by atoms with Gasteiger partial charge in [0.25, 0.3) is 0 Å². The van der Waals surface area contributed by atoms with Crippen molar-refractivity contribution in [2.24, 2.45) is 5.92 Å². The van der Waals surface area contributed by atoms with Crippen molar-refractivity contribution in [2.75, 3.05) is 5.32 Å². The number of amides is 1. The first-order valence-corrected chi connectivity index (χ1v) is 9.67. The van der Waals surface area contributed by atoms with Crippen LogP contribution in [0.5, 0.6) is 0 Å². The maximum atomic E-state index is 12.5. The van der Waals surface area contributed by atoms with Crippen LogP contribution >= 0.6 is 34.8 Å². The standard InChI is InChI=1S/C20H16Cl3N3O/c21-14-5-1-12(2-6-14)10-26-11-18(23)19(25-26)24-20(27)17-9-16(17)13-3-7-15(22)8-4-13/h1-8,11,16-17H,9-10H2,(H,24,25,27). The lowest BCUT2D eigenvalue weighted by molar-refractivity contribution is -0.117. The highest BCUT2D eigenvalue weighted by Gasteiger charge is 2.44. The van der Waals surface area contributed by atoms with Gasteiger partial charge in [-0.3, -0.25) is 9.48 Å². The quantitative estimate of drug-likeness (QED) is 0.581. The fourth-order valence-corrected chi connectivity index (χ4v) is 3.56. The van der Waals surface area contributed by atoms with Gasteiger partial charge >= 0.3 is 0 Å². The molecule has 7 heteroatoms. The van der Waals surface area contributed by atoms with Gasteiger partial charge in [0.1, 0.15) is 5.02 Å². The number of carbonyl (C=O) groups excluding carboxylic acids is 1. The molecule has 0 radical (unpaired) electrons. The van der Waals surface area contributed by atoms with Crippen LogP contribution < -0.4 is 5.32 Å². The maximum absolute atomic E-state index is 12.5. The molecule has 1 heterocycles. The van der Waals surface area contributed by atoms with Crippen molar-refractivity contribution in [3.8, 4) is 0 Å². The molecular formula is C20H16Cl3N3O. The van der Waals surface area contributed by atoms with Crippen LogP contribution in [-0.2, 0) is 11.3 Å².